The first kappa shape index (κ1) is 13.6. The summed E-state index contributed by atoms with van der Waals surface area (Å²) in [4.78, 5) is 3.97. The van der Waals surface area contributed by atoms with Crippen molar-refractivity contribution in [2.75, 3.05) is 0 Å². The van der Waals surface area contributed by atoms with Crippen LogP contribution >= 0.6 is 0 Å². The van der Waals surface area contributed by atoms with Crippen molar-refractivity contribution in [2.45, 2.75) is 25.6 Å². The standard InChI is InChI=1S/C13H12F3NO2/c1-8(18)6-11-7-17-12(19-11)9-2-4-10(5-3-9)13(14,15)16/h2-5,7-8,18H,6H2,1H3. The van der Waals surface area contributed by atoms with Gasteiger partial charge in [-0.3, -0.25) is 0 Å². The molecule has 0 saturated heterocycles. The molecule has 2 aromatic rings. The Morgan fingerprint density at radius 2 is 1.89 bits per heavy atom. The molecule has 1 atom stereocenters. The third-order valence-electron chi connectivity index (χ3n) is 2.51. The van der Waals surface area contributed by atoms with Crippen LogP contribution in [0.3, 0.4) is 0 Å². The monoisotopic (exact) mass is 271 g/mol. The lowest BCUT2D eigenvalue weighted by molar-refractivity contribution is -0.137. The summed E-state index contributed by atoms with van der Waals surface area (Å²) in [6, 6.07) is 4.57. The Hall–Kier alpha value is -1.82. The van der Waals surface area contributed by atoms with E-state index < -0.39 is 17.8 Å². The molecule has 0 aliphatic rings. The van der Waals surface area contributed by atoms with Gasteiger partial charge in [0.1, 0.15) is 5.76 Å². The number of hydrogen-bond acceptors (Lipinski definition) is 3. The van der Waals surface area contributed by atoms with Gasteiger partial charge >= 0.3 is 6.18 Å². The number of aliphatic hydroxyl groups excluding tert-OH is 1. The normalized spacial score (nSPS) is 13.5. The van der Waals surface area contributed by atoms with Gasteiger partial charge in [-0.05, 0) is 31.2 Å². The molecule has 6 heteroatoms. The second-order valence-electron chi connectivity index (χ2n) is 4.26. The van der Waals surface area contributed by atoms with Crippen LogP contribution in [-0.2, 0) is 12.6 Å². The average molecular weight is 271 g/mol. The smallest absolute Gasteiger partial charge is 0.416 e. The first-order valence-corrected chi connectivity index (χ1v) is 5.66. The molecule has 0 radical (unpaired) electrons. The number of benzene rings is 1. The topological polar surface area (TPSA) is 46.3 Å². The van der Waals surface area contributed by atoms with E-state index in [1.807, 2.05) is 0 Å². The quantitative estimate of drug-likeness (QED) is 0.931. The van der Waals surface area contributed by atoms with Crippen LogP contribution in [0.25, 0.3) is 11.5 Å². The van der Waals surface area contributed by atoms with Gasteiger partial charge in [-0.15, -0.1) is 0 Å². The molecular weight excluding hydrogens is 259 g/mol. The zero-order chi connectivity index (χ0) is 14.0. The van der Waals surface area contributed by atoms with Crippen molar-refractivity contribution in [2.24, 2.45) is 0 Å². The molecule has 0 bridgehead atoms. The molecule has 1 unspecified atom stereocenters. The summed E-state index contributed by atoms with van der Waals surface area (Å²) < 4.78 is 42.6. The molecular formula is C13H12F3NO2. The highest BCUT2D eigenvalue weighted by Crippen LogP contribution is 2.30. The van der Waals surface area contributed by atoms with Gasteiger partial charge in [0.25, 0.3) is 0 Å². The van der Waals surface area contributed by atoms with Gasteiger partial charge in [0.05, 0.1) is 17.9 Å². The minimum absolute atomic E-state index is 0.240. The Bertz CT molecular complexity index is 544. The molecule has 1 aromatic carbocycles. The molecule has 0 aliphatic carbocycles. The molecule has 1 heterocycles. The van der Waals surface area contributed by atoms with E-state index in [2.05, 4.69) is 4.98 Å². The Labute approximate surface area is 107 Å². The van der Waals surface area contributed by atoms with E-state index in [0.29, 0.717) is 17.7 Å². The molecule has 2 rings (SSSR count). The Morgan fingerprint density at radius 1 is 1.26 bits per heavy atom. The number of halogens is 3. The lowest BCUT2D eigenvalue weighted by Gasteiger charge is -2.06. The van der Waals surface area contributed by atoms with Crippen LogP contribution < -0.4 is 0 Å². The summed E-state index contributed by atoms with van der Waals surface area (Å²) >= 11 is 0. The van der Waals surface area contributed by atoms with Crippen molar-refractivity contribution in [3.8, 4) is 11.5 Å². The van der Waals surface area contributed by atoms with Gasteiger partial charge in [0, 0.05) is 12.0 Å². The first-order valence-electron chi connectivity index (χ1n) is 5.66. The zero-order valence-corrected chi connectivity index (χ0v) is 10.1. The van der Waals surface area contributed by atoms with Crippen molar-refractivity contribution in [3.63, 3.8) is 0 Å². The number of aromatic nitrogens is 1. The molecule has 0 amide bonds. The summed E-state index contributed by atoms with van der Waals surface area (Å²) in [6.07, 6.45) is -3.15. The second-order valence-corrected chi connectivity index (χ2v) is 4.26. The summed E-state index contributed by atoms with van der Waals surface area (Å²) in [7, 11) is 0. The van der Waals surface area contributed by atoms with Gasteiger partial charge in [0.15, 0.2) is 0 Å². The van der Waals surface area contributed by atoms with Gasteiger partial charge in [-0.1, -0.05) is 0 Å². The van der Waals surface area contributed by atoms with Gasteiger partial charge in [-0.25, -0.2) is 4.98 Å². The van der Waals surface area contributed by atoms with Crippen molar-refractivity contribution < 1.29 is 22.7 Å². The zero-order valence-electron chi connectivity index (χ0n) is 10.1. The molecule has 0 spiro atoms. The highest BCUT2D eigenvalue weighted by molar-refractivity contribution is 5.53. The Balaban J connectivity index is 2.20. The summed E-state index contributed by atoms with van der Waals surface area (Å²) in [6.45, 7) is 1.61. The van der Waals surface area contributed by atoms with Crippen molar-refractivity contribution in [3.05, 3.63) is 41.8 Å². The predicted octanol–water partition coefficient (Wildman–Crippen LogP) is 3.28. The molecule has 19 heavy (non-hydrogen) atoms. The van der Waals surface area contributed by atoms with E-state index >= 15 is 0 Å². The molecule has 3 nitrogen and oxygen atoms in total. The first-order chi connectivity index (χ1) is 8.86. The van der Waals surface area contributed by atoms with Crippen LogP contribution in [-0.4, -0.2) is 16.2 Å². The van der Waals surface area contributed by atoms with E-state index in [9.17, 15) is 18.3 Å². The van der Waals surface area contributed by atoms with Crippen LogP contribution in [0.2, 0.25) is 0 Å². The van der Waals surface area contributed by atoms with Crippen LogP contribution in [0.4, 0.5) is 13.2 Å². The minimum atomic E-state index is -4.35. The lowest BCUT2D eigenvalue weighted by atomic mass is 10.1. The number of alkyl halides is 3. The maximum atomic E-state index is 12.4. The fraction of sp³-hybridized carbons (Fsp3) is 0.308. The number of oxazole rings is 1. The Kier molecular flexibility index (Phi) is 3.61. The van der Waals surface area contributed by atoms with E-state index in [1.54, 1.807) is 6.92 Å². The average Bonchev–Trinajstić information content (AvgIpc) is 2.75. The highest BCUT2D eigenvalue weighted by Gasteiger charge is 2.30. The maximum absolute atomic E-state index is 12.4. The fourth-order valence-corrected chi connectivity index (χ4v) is 1.63. The van der Waals surface area contributed by atoms with E-state index in [0.717, 1.165) is 12.1 Å². The summed E-state index contributed by atoms with van der Waals surface area (Å²) in [5, 5.41) is 9.20. The molecule has 0 saturated carbocycles. The largest absolute Gasteiger partial charge is 0.441 e. The molecule has 0 fully saturated rings. The minimum Gasteiger partial charge on any atom is -0.441 e. The van der Waals surface area contributed by atoms with Crippen LogP contribution in [0.1, 0.15) is 18.2 Å². The fourth-order valence-electron chi connectivity index (χ4n) is 1.63. The highest BCUT2D eigenvalue weighted by atomic mass is 19.4. The third kappa shape index (κ3) is 3.35. The van der Waals surface area contributed by atoms with Gasteiger partial charge in [0.2, 0.25) is 5.89 Å². The van der Waals surface area contributed by atoms with E-state index in [-0.39, 0.29) is 5.89 Å². The van der Waals surface area contributed by atoms with Crippen LogP contribution in [0.5, 0.6) is 0 Å². The molecule has 1 aromatic heterocycles. The van der Waals surface area contributed by atoms with Gasteiger partial charge < -0.3 is 9.52 Å². The number of rotatable bonds is 3. The lowest BCUT2D eigenvalue weighted by Crippen LogP contribution is -2.04. The van der Waals surface area contributed by atoms with E-state index in [1.165, 1.54) is 18.3 Å². The number of aliphatic hydroxyl groups is 1. The van der Waals surface area contributed by atoms with Crippen molar-refractivity contribution >= 4 is 0 Å². The summed E-state index contributed by atoms with van der Waals surface area (Å²) in [5.74, 6) is 0.731. The van der Waals surface area contributed by atoms with Crippen LogP contribution in [0, 0.1) is 0 Å². The SMILES string of the molecule is CC(O)Cc1cnc(-c2ccc(C(F)(F)F)cc2)o1. The van der Waals surface area contributed by atoms with Crippen molar-refractivity contribution in [1.82, 2.24) is 4.98 Å². The molecule has 0 aliphatic heterocycles. The summed E-state index contributed by atoms with van der Waals surface area (Å²) in [5.41, 5.74) is -0.253. The predicted molar refractivity (Wildman–Crippen MR) is 62.3 cm³/mol. The maximum Gasteiger partial charge on any atom is 0.416 e. The number of nitrogens with zero attached hydrogens (tertiary/aromatic N) is 1. The van der Waals surface area contributed by atoms with Gasteiger partial charge in [-0.2, -0.15) is 13.2 Å². The molecule has 102 valence electrons. The third-order valence-corrected chi connectivity index (χ3v) is 2.51. The second kappa shape index (κ2) is 5.05. The van der Waals surface area contributed by atoms with Crippen molar-refractivity contribution in [1.29, 1.82) is 0 Å². The Morgan fingerprint density at radius 3 is 2.42 bits per heavy atom. The molecule has 1 N–H and O–H groups in total. The van der Waals surface area contributed by atoms with Crippen LogP contribution in [0.15, 0.2) is 34.9 Å². The number of hydrogen-bond donors (Lipinski definition) is 1. The van der Waals surface area contributed by atoms with E-state index in [4.69, 9.17) is 4.42 Å².